The number of oxazole rings is 1. The summed E-state index contributed by atoms with van der Waals surface area (Å²) in [6, 6.07) is 5.62. The van der Waals surface area contributed by atoms with E-state index in [1.807, 2.05) is 0 Å². The average molecular weight is 335 g/mol. The molecule has 1 heterocycles. The molecule has 0 saturated carbocycles. The minimum atomic E-state index is -4.84. The second kappa shape index (κ2) is 6.27. The third-order valence-corrected chi connectivity index (χ3v) is 2.70. The van der Waals surface area contributed by atoms with Gasteiger partial charge in [-0.15, -0.1) is 0 Å². The van der Waals surface area contributed by atoms with Crippen molar-refractivity contribution in [2.75, 3.05) is 11.9 Å². The number of aromatic nitrogens is 1. The molecule has 0 saturated heterocycles. The Hall–Kier alpha value is -2.22. The van der Waals surface area contributed by atoms with Gasteiger partial charge in [0.1, 0.15) is 0 Å². The maximum atomic E-state index is 12.9. The minimum absolute atomic E-state index is 0.0865. The molecule has 0 aliphatic carbocycles. The molecule has 0 spiro atoms. The fourth-order valence-corrected chi connectivity index (χ4v) is 1.68. The van der Waals surface area contributed by atoms with E-state index in [0.29, 0.717) is 10.7 Å². The molecular formula is C13H10ClF3N2O3. The molecule has 5 nitrogen and oxygen atoms in total. The van der Waals surface area contributed by atoms with Crippen LogP contribution in [-0.2, 0) is 10.9 Å². The van der Waals surface area contributed by atoms with Gasteiger partial charge < -0.3 is 14.5 Å². The van der Waals surface area contributed by atoms with Crippen LogP contribution in [0.15, 0.2) is 28.7 Å². The Morgan fingerprint density at radius 1 is 1.36 bits per heavy atom. The molecule has 1 aromatic heterocycles. The predicted octanol–water partition coefficient (Wildman–Crippen LogP) is 4.27. The van der Waals surface area contributed by atoms with Crippen molar-refractivity contribution < 1.29 is 27.1 Å². The molecule has 0 amide bonds. The molecule has 0 fully saturated rings. The summed E-state index contributed by atoms with van der Waals surface area (Å²) in [5, 5.41) is 2.98. The number of hydrogen-bond donors (Lipinski definition) is 1. The molecule has 0 aliphatic heterocycles. The van der Waals surface area contributed by atoms with E-state index in [4.69, 9.17) is 16.0 Å². The SMILES string of the molecule is CCOC(=O)c1oc(Nc2ccc(Cl)cc2)nc1C(F)(F)F. The second-order valence-electron chi connectivity index (χ2n) is 4.05. The van der Waals surface area contributed by atoms with Gasteiger partial charge in [-0.25, -0.2) is 4.79 Å². The Bertz CT molecular complexity index is 668. The summed E-state index contributed by atoms with van der Waals surface area (Å²) in [7, 11) is 0. The summed E-state index contributed by atoms with van der Waals surface area (Å²) >= 11 is 5.70. The van der Waals surface area contributed by atoms with Gasteiger partial charge in [0.2, 0.25) is 5.76 Å². The van der Waals surface area contributed by atoms with Crippen LogP contribution >= 0.6 is 11.6 Å². The lowest BCUT2D eigenvalue weighted by Crippen LogP contribution is -2.14. The number of hydrogen-bond acceptors (Lipinski definition) is 5. The van der Waals surface area contributed by atoms with Crippen molar-refractivity contribution in [2.45, 2.75) is 13.1 Å². The molecule has 1 N–H and O–H groups in total. The highest BCUT2D eigenvalue weighted by Gasteiger charge is 2.41. The van der Waals surface area contributed by atoms with Gasteiger partial charge in [0.05, 0.1) is 6.61 Å². The first-order chi connectivity index (χ1) is 10.3. The number of nitrogens with one attached hydrogen (secondary N) is 1. The van der Waals surface area contributed by atoms with Crippen LogP contribution in [0.1, 0.15) is 23.2 Å². The maximum absolute atomic E-state index is 12.9. The first-order valence-corrected chi connectivity index (χ1v) is 6.46. The van der Waals surface area contributed by atoms with Crippen LogP contribution in [0.3, 0.4) is 0 Å². The van der Waals surface area contributed by atoms with Gasteiger partial charge in [0.25, 0.3) is 0 Å². The summed E-state index contributed by atoms with van der Waals surface area (Å²) in [5.74, 6) is -2.22. The Balaban J connectivity index is 2.33. The van der Waals surface area contributed by atoms with E-state index in [1.165, 1.54) is 31.2 Å². The Kier molecular flexibility index (Phi) is 4.60. The second-order valence-corrected chi connectivity index (χ2v) is 4.48. The summed E-state index contributed by atoms with van der Waals surface area (Å²) < 4.78 is 48.0. The van der Waals surface area contributed by atoms with Crippen LogP contribution in [0.25, 0.3) is 0 Å². The first kappa shape index (κ1) is 16.2. The number of benzene rings is 1. The minimum Gasteiger partial charge on any atom is -0.460 e. The fraction of sp³-hybridized carbons (Fsp3) is 0.231. The quantitative estimate of drug-likeness (QED) is 0.846. The van der Waals surface area contributed by atoms with Gasteiger partial charge in [-0.1, -0.05) is 11.6 Å². The lowest BCUT2D eigenvalue weighted by molar-refractivity contribution is -0.141. The van der Waals surface area contributed by atoms with Crippen molar-refractivity contribution in [3.8, 4) is 0 Å². The molecule has 0 radical (unpaired) electrons. The van der Waals surface area contributed by atoms with Gasteiger partial charge >= 0.3 is 18.2 Å². The highest BCUT2D eigenvalue weighted by molar-refractivity contribution is 6.30. The van der Waals surface area contributed by atoms with Crippen molar-refractivity contribution in [1.82, 2.24) is 4.98 Å². The first-order valence-electron chi connectivity index (χ1n) is 6.09. The van der Waals surface area contributed by atoms with Gasteiger partial charge in [-0.2, -0.15) is 18.2 Å². The van der Waals surface area contributed by atoms with E-state index in [9.17, 15) is 18.0 Å². The Labute approximate surface area is 128 Å². The summed E-state index contributed by atoms with van der Waals surface area (Å²) in [5.41, 5.74) is -1.04. The summed E-state index contributed by atoms with van der Waals surface area (Å²) in [4.78, 5) is 14.8. The zero-order valence-corrected chi connectivity index (χ0v) is 12.0. The molecule has 118 valence electrons. The molecule has 0 unspecified atom stereocenters. The van der Waals surface area contributed by atoms with Gasteiger partial charge in [0.15, 0.2) is 5.69 Å². The summed E-state index contributed by atoms with van der Waals surface area (Å²) in [6.07, 6.45) is -4.84. The van der Waals surface area contributed by atoms with Crippen molar-refractivity contribution in [2.24, 2.45) is 0 Å². The van der Waals surface area contributed by atoms with Gasteiger partial charge in [-0.3, -0.25) is 0 Å². The zero-order valence-electron chi connectivity index (χ0n) is 11.2. The standard InChI is InChI=1S/C13H10ClF3N2O3/c1-2-21-11(20)9-10(13(15,16)17)19-12(22-9)18-8-5-3-7(14)4-6-8/h3-6H,2H2,1H3,(H,18,19). The number of carbonyl (C=O) groups is 1. The van der Waals surface area contributed by atoms with Crippen LogP contribution in [0, 0.1) is 0 Å². The monoisotopic (exact) mass is 334 g/mol. The van der Waals surface area contributed by atoms with E-state index in [0.717, 1.165) is 0 Å². The van der Waals surface area contributed by atoms with E-state index < -0.39 is 29.6 Å². The molecule has 1 aromatic carbocycles. The Morgan fingerprint density at radius 3 is 2.55 bits per heavy atom. The molecule has 2 aromatic rings. The Morgan fingerprint density at radius 2 is 2.00 bits per heavy atom. The van der Waals surface area contributed by atoms with Crippen LogP contribution in [0.5, 0.6) is 0 Å². The highest BCUT2D eigenvalue weighted by Crippen LogP contribution is 2.34. The lowest BCUT2D eigenvalue weighted by atomic mass is 10.3. The van der Waals surface area contributed by atoms with Gasteiger partial charge in [0, 0.05) is 10.7 Å². The van der Waals surface area contributed by atoms with Crippen LogP contribution in [0.2, 0.25) is 5.02 Å². The smallest absolute Gasteiger partial charge is 0.437 e. The number of alkyl halides is 3. The third kappa shape index (κ3) is 3.70. The molecule has 9 heteroatoms. The molecule has 0 aliphatic rings. The topological polar surface area (TPSA) is 64.4 Å². The van der Waals surface area contributed by atoms with Crippen LogP contribution < -0.4 is 5.32 Å². The lowest BCUT2D eigenvalue weighted by Gasteiger charge is -2.03. The van der Waals surface area contributed by atoms with E-state index in [-0.39, 0.29) is 6.61 Å². The molecule has 2 rings (SSSR count). The molecular weight excluding hydrogens is 325 g/mol. The highest BCUT2D eigenvalue weighted by atomic mass is 35.5. The number of nitrogens with zero attached hydrogens (tertiary/aromatic N) is 1. The van der Waals surface area contributed by atoms with E-state index in [1.54, 1.807) is 0 Å². The predicted molar refractivity (Wildman–Crippen MR) is 72.2 cm³/mol. The molecule has 0 bridgehead atoms. The zero-order chi connectivity index (χ0) is 16.3. The van der Waals surface area contributed by atoms with Crippen molar-refractivity contribution in [3.05, 3.63) is 40.7 Å². The van der Waals surface area contributed by atoms with Crippen molar-refractivity contribution in [3.63, 3.8) is 0 Å². The molecule has 22 heavy (non-hydrogen) atoms. The van der Waals surface area contributed by atoms with E-state index >= 15 is 0 Å². The van der Waals surface area contributed by atoms with Gasteiger partial charge in [-0.05, 0) is 31.2 Å². The largest absolute Gasteiger partial charge is 0.460 e. The van der Waals surface area contributed by atoms with E-state index in [2.05, 4.69) is 15.0 Å². The van der Waals surface area contributed by atoms with Crippen LogP contribution in [-0.4, -0.2) is 17.6 Å². The maximum Gasteiger partial charge on any atom is 0.437 e. The number of rotatable bonds is 4. The van der Waals surface area contributed by atoms with Crippen molar-refractivity contribution >= 4 is 29.3 Å². The number of ether oxygens (including phenoxy) is 1. The molecule has 0 atom stereocenters. The average Bonchev–Trinajstić information content (AvgIpc) is 2.86. The number of esters is 1. The normalized spacial score (nSPS) is 11.3. The van der Waals surface area contributed by atoms with Crippen molar-refractivity contribution in [1.29, 1.82) is 0 Å². The fourth-order valence-electron chi connectivity index (χ4n) is 1.56. The third-order valence-electron chi connectivity index (χ3n) is 2.45. The summed E-state index contributed by atoms with van der Waals surface area (Å²) in [6.45, 7) is 1.38. The van der Waals surface area contributed by atoms with Crippen LogP contribution in [0.4, 0.5) is 24.9 Å². The number of anilines is 2. The number of halogens is 4. The number of carbonyl (C=O) groups excluding carboxylic acids is 1.